The molecule has 0 saturated heterocycles. The summed E-state index contributed by atoms with van der Waals surface area (Å²) in [5, 5.41) is 6.75. The van der Waals surface area contributed by atoms with Crippen molar-refractivity contribution in [3.63, 3.8) is 0 Å². The first-order valence-corrected chi connectivity index (χ1v) is 9.05. The average molecular weight is 450 g/mol. The molecule has 1 aromatic carbocycles. The molecule has 0 atom stereocenters. The van der Waals surface area contributed by atoms with Crippen molar-refractivity contribution in [2.45, 2.75) is 12.6 Å². The Morgan fingerprint density at radius 2 is 2.10 bits per heavy atom. The number of rotatable bonds is 5. The normalized spacial score (nSPS) is 11.6. The van der Waals surface area contributed by atoms with Crippen LogP contribution in [0.1, 0.15) is 11.1 Å². The van der Waals surface area contributed by atoms with Crippen molar-refractivity contribution in [1.29, 1.82) is 0 Å². The van der Waals surface area contributed by atoms with Crippen molar-refractivity contribution in [3.8, 4) is 16.8 Å². The lowest BCUT2D eigenvalue weighted by Crippen LogP contribution is -2.12. The van der Waals surface area contributed by atoms with Gasteiger partial charge in [0.05, 0.1) is 28.9 Å². The van der Waals surface area contributed by atoms with Gasteiger partial charge in [-0.15, -0.1) is 4.91 Å². The smallest absolute Gasteiger partial charge is 0.346 e. The van der Waals surface area contributed by atoms with E-state index < -0.39 is 24.1 Å². The average Bonchev–Trinajstić information content (AvgIpc) is 3.36. The van der Waals surface area contributed by atoms with E-state index in [1.165, 1.54) is 10.9 Å². The van der Waals surface area contributed by atoms with E-state index in [2.05, 4.69) is 19.9 Å². The van der Waals surface area contributed by atoms with E-state index in [-0.39, 0.29) is 16.3 Å². The number of aromatic nitrogens is 4. The highest BCUT2D eigenvalue weighted by atomic mass is 35.5. The maximum Gasteiger partial charge on any atom is 0.416 e. The van der Waals surface area contributed by atoms with E-state index >= 15 is 0 Å². The molecule has 3 aromatic heterocycles. The van der Waals surface area contributed by atoms with Crippen LogP contribution in [-0.4, -0.2) is 25.7 Å². The summed E-state index contributed by atoms with van der Waals surface area (Å²) < 4.78 is 41.0. The number of fused-ring (bicyclic) bond motifs is 1. The molecule has 0 fully saturated rings. The number of hydrogen-bond acceptors (Lipinski definition) is 6. The molecular weight excluding hydrogens is 439 g/mol. The Morgan fingerprint density at radius 1 is 1.29 bits per heavy atom. The minimum absolute atomic E-state index is 0.0446. The van der Waals surface area contributed by atoms with E-state index in [9.17, 15) is 22.9 Å². The van der Waals surface area contributed by atoms with Gasteiger partial charge in [0, 0.05) is 29.5 Å². The summed E-state index contributed by atoms with van der Waals surface area (Å²) in [5.41, 5.74) is 0.937. The van der Waals surface area contributed by atoms with Crippen LogP contribution in [0.5, 0.6) is 0 Å². The number of alkyl halides is 3. The van der Waals surface area contributed by atoms with Gasteiger partial charge in [0.2, 0.25) is 0 Å². The van der Waals surface area contributed by atoms with E-state index in [1.54, 1.807) is 24.7 Å². The quantitative estimate of drug-likeness (QED) is 0.346. The Labute approximate surface area is 176 Å². The molecular formula is C19H11ClF3N5O3. The van der Waals surface area contributed by atoms with Gasteiger partial charge in [-0.05, 0) is 35.4 Å². The molecule has 4 rings (SSSR count). The summed E-state index contributed by atoms with van der Waals surface area (Å²) in [6.07, 6.45) is 1.02. The van der Waals surface area contributed by atoms with Gasteiger partial charge in [0.25, 0.3) is 0 Å². The molecule has 8 nitrogen and oxygen atoms in total. The number of hydrogen-bond donors (Lipinski definition) is 1. The number of carbonyl (C=O) groups excluding carboxylic acids is 1. The summed E-state index contributed by atoms with van der Waals surface area (Å²) >= 11 is 6.16. The SMILES string of the molecule is O=NOC(=O)Cc1cc(C(F)(F)F)cc(Cl)c1-n1cc(-c2ccnc3[nH]ccc23)cn1. The van der Waals surface area contributed by atoms with Crippen molar-refractivity contribution < 1.29 is 22.8 Å². The zero-order valence-electron chi connectivity index (χ0n) is 15.4. The minimum atomic E-state index is -4.70. The number of halogens is 4. The topological polar surface area (TPSA) is 102 Å². The monoisotopic (exact) mass is 449 g/mol. The number of nitrogens with one attached hydrogen (secondary N) is 1. The zero-order chi connectivity index (χ0) is 22.2. The van der Waals surface area contributed by atoms with Gasteiger partial charge in [-0.2, -0.15) is 18.3 Å². The molecule has 31 heavy (non-hydrogen) atoms. The predicted molar refractivity (Wildman–Crippen MR) is 104 cm³/mol. The molecule has 12 heteroatoms. The van der Waals surface area contributed by atoms with Gasteiger partial charge in [-0.3, -0.25) is 4.84 Å². The number of carbonyl (C=O) groups is 1. The lowest BCUT2D eigenvalue weighted by atomic mass is 10.0. The maximum absolute atomic E-state index is 13.2. The number of H-pyrrole nitrogens is 1. The van der Waals surface area contributed by atoms with E-state index in [0.717, 1.165) is 23.1 Å². The van der Waals surface area contributed by atoms with E-state index in [0.29, 0.717) is 11.2 Å². The second kappa shape index (κ2) is 7.84. The Hall–Kier alpha value is -3.73. The zero-order valence-corrected chi connectivity index (χ0v) is 16.1. The molecule has 3 heterocycles. The van der Waals surface area contributed by atoms with Crippen molar-refractivity contribution in [2.75, 3.05) is 0 Å². The highest BCUT2D eigenvalue weighted by molar-refractivity contribution is 6.32. The van der Waals surface area contributed by atoms with Crippen LogP contribution in [0, 0.1) is 4.91 Å². The van der Waals surface area contributed by atoms with Gasteiger partial charge < -0.3 is 4.98 Å². The Bertz CT molecular complexity index is 1300. The molecule has 0 amide bonds. The fourth-order valence-electron chi connectivity index (χ4n) is 3.24. The summed E-state index contributed by atoms with van der Waals surface area (Å²) in [6, 6.07) is 5.08. The van der Waals surface area contributed by atoms with Gasteiger partial charge >= 0.3 is 12.1 Å². The molecule has 0 spiro atoms. The van der Waals surface area contributed by atoms with Gasteiger partial charge in [0.15, 0.2) is 5.34 Å². The number of pyridine rings is 1. The van der Waals surface area contributed by atoms with Gasteiger partial charge in [0.1, 0.15) is 5.65 Å². The third-order valence-electron chi connectivity index (χ3n) is 4.53. The van der Waals surface area contributed by atoms with Crippen LogP contribution in [0.4, 0.5) is 13.2 Å². The van der Waals surface area contributed by atoms with Crippen molar-refractivity contribution >= 4 is 28.6 Å². The van der Waals surface area contributed by atoms with Crippen LogP contribution in [0.15, 0.2) is 54.4 Å². The Morgan fingerprint density at radius 3 is 2.84 bits per heavy atom. The van der Waals surface area contributed by atoms with Crippen LogP contribution in [0.3, 0.4) is 0 Å². The number of nitrogens with zero attached hydrogens (tertiary/aromatic N) is 4. The van der Waals surface area contributed by atoms with E-state index in [4.69, 9.17) is 11.6 Å². The summed E-state index contributed by atoms with van der Waals surface area (Å²) in [6.45, 7) is 0. The lowest BCUT2D eigenvalue weighted by molar-refractivity contribution is -0.143. The molecule has 4 aromatic rings. The Balaban J connectivity index is 1.83. The van der Waals surface area contributed by atoms with E-state index in [1.807, 2.05) is 11.4 Å². The van der Waals surface area contributed by atoms with Gasteiger partial charge in [-0.25, -0.2) is 14.5 Å². The first-order chi connectivity index (χ1) is 14.8. The Kier molecular flexibility index (Phi) is 5.19. The summed E-state index contributed by atoms with van der Waals surface area (Å²) in [4.78, 5) is 33.1. The van der Waals surface area contributed by atoms with Crippen LogP contribution in [0.2, 0.25) is 5.02 Å². The molecule has 1 N–H and O–H groups in total. The number of aromatic amines is 1. The third kappa shape index (κ3) is 3.99. The highest BCUT2D eigenvalue weighted by Gasteiger charge is 2.33. The van der Waals surface area contributed by atoms with Crippen molar-refractivity contribution in [2.24, 2.45) is 5.34 Å². The van der Waals surface area contributed by atoms with Crippen molar-refractivity contribution in [3.05, 3.63) is 70.1 Å². The molecule has 0 aliphatic rings. The number of benzene rings is 1. The maximum atomic E-state index is 13.2. The summed E-state index contributed by atoms with van der Waals surface area (Å²) in [5.74, 6) is -1.14. The standard InChI is InChI=1S/C19H11ClF3N5O3/c20-15-7-12(19(21,22)23)5-10(6-16(29)31-27-30)17(15)28-9-11(8-26-28)13-1-3-24-18-14(13)2-4-25-18/h1-5,7-9H,6H2,(H,24,25). The predicted octanol–water partition coefficient (Wildman–Crippen LogP) is 4.85. The fourth-order valence-corrected chi connectivity index (χ4v) is 3.56. The molecule has 158 valence electrons. The molecule has 0 aliphatic carbocycles. The lowest BCUT2D eigenvalue weighted by Gasteiger charge is -2.15. The first kappa shape index (κ1) is 20.5. The van der Waals surface area contributed by atoms with Crippen LogP contribution >= 0.6 is 11.6 Å². The second-order valence-corrected chi connectivity index (χ2v) is 6.86. The van der Waals surface area contributed by atoms with Crippen LogP contribution < -0.4 is 0 Å². The molecule has 0 bridgehead atoms. The molecule has 0 radical (unpaired) electrons. The fraction of sp³-hybridized carbons (Fsp3) is 0.105. The molecule has 0 aliphatic heterocycles. The largest absolute Gasteiger partial charge is 0.416 e. The van der Waals surface area contributed by atoms with Crippen LogP contribution in [0.25, 0.3) is 27.8 Å². The third-order valence-corrected chi connectivity index (χ3v) is 4.81. The van der Waals surface area contributed by atoms with Crippen molar-refractivity contribution in [1.82, 2.24) is 19.7 Å². The highest BCUT2D eigenvalue weighted by Crippen LogP contribution is 2.36. The first-order valence-electron chi connectivity index (χ1n) is 8.67. The van der Waals surface area contributed by atoms with Crippen LogP contribution in [-0.2, 0) is 22.2 Å². The van der Waals surface area contributed by atoms with Gasteiger partial charge in [-0.1, -0.05) is 11.6 Å². The summed E-state index contributed by atoms with van der Waals surface area (Å²) in [7, 11) is 0. The molecule has 0 unspecified atom stereocenters. The second-order valence-electron chi connectivity index (χ2n) is 6.45. The minimum Gasteiger partial charge on any atom is -0.346 e. The molecule has 0 saturated carbocycles.